The Labute approximate surface area is 113 Å². The molecule has 3 heteroatoms. The molecule has 0 bridgehead atoms. The molecule has 2 unspecified atom stereocenters. The first-order chi connectivity index (χ1) is 8.83. The molecule has 0 radical (unpaired) electrons. The molecule has 1 heterocycles. The summed E-state index contributed by atoms with van der Waals surface area (Å²) in [7, 11) is 0. The van der Waals surface area contributed by atoms with Crippen LogP contribution in [0.1, 0.15) is 42.9 Å². The van der Waals surface area contributed by atoms with E-state index in [1.54, 1.807) is 0 Å². The van der Waals surface area contributed by atoms with Gasteiger partial charge >= 0.3 is 0 Å². The summed E-state index contributed by atoms with van der Waals surface area (Å²) in [6.45, 7) is 0. The Morgan fingerprint density at radius 2 is 2.17 bits per heavy atom. The minimum atomic E-state index is 0.405. The first-order valence-electron chi connectivity index (χ1n) is 6.98. The van der Waals surface area contributed by atoms with Crippen LogP contribution in [-0.2, 0) is 6.42 Å². The smallest absolute Gasteiger partial charge is 0.115 e. The molecule has 0 spiro atoms. The van der Waals surface area contributed by atoms with Crippen LogP contribution in [-0.4, -0.2) is 22.7 Å². The van der Waals surface area contributed by atoms with Gasteiger partial charge in [-0.2, -0.15) is 11.8 Å². The number of phenolic OH excluding ortho intramolecular Hbond substituents is 1. The maximum Gasteiger partial charge on any atom is 0.115 e. The summed E-state index contributed by atoms with van der Waals surface area (Å²) in [6.07, 6.45) is 6.24. The van der Waals surface area contributed by atoms with Crippen molar-refractivity contribution in [3.8, 4) is 5.75 Å². The number of hydrogen-bond donors (Lipinski definition) is 2. The van der Waals surface area contributed by atoms with Gasteiger partial charge in [-0.3, -0.25) is 0 Å². The van der Waals surface area contributed by atoms with Gasteiger partial charge in [-0.25, -0.2) is 0 Å². The van der Waals surface area contributed by atoms with E-state index in [4.69, 9.17) is 0 Å². The quantitative estimate of drug-likeness (QED) is 0.859. The molecule has 2 aliphatic rings. The Balaban J connectivity index is 1.74. The molecule has 2 atom stereocenters. The van der Waals surface area contributed by atoms with Crippen molar-refractivity contribution in [3.63, 3.8) is 0 Å². The van der Waals surface area contributed by atoms with Crippen molar-refractivity contribution in [2.75, 3.05) is 11.5 Å². The molecule has 0 aromatic heterocycles. The highest BCUT2D eigenvalue weighted by atomic mass is 32.2. The van der Waals surface area contributed by atoms with Crippen LogP contribution in [0.5, 0.6) is 5.75 Å². The second kappa shape index (κ2) is 5.54. The third-order valence-electron chi connectivity index (χ3n) is 4.04. The van der Waals surface area contributed by atoms with Crippen LogP contribution in [0, 0.1) is 0 Å². The van der Waals surface area contributed by atoms with Gasteiger partial charge in [0.25, 0.3) is 0 Å². The molecule has 18 heavy (non-hydrogen) atoms. The van der Waals surface area contributed by atoms with E-state index in [9.17, 15) is 5.11 Å². The number of fused-ring (bicyclic) bond motifs is 1. The predicted molar refractivity (Wildman–Crippen MR) is 77.3 cm³/mol. The molecule has 1 saturated heterocycles. The summed E-state index contributed by atoms with van der Waals surface area (Å²) in [5.74, 6) is 2.99. The Kier molecular flexibility index (Phi) is 3.80. The van der Waals surface area contributed by atoms with Crippen LogP contribution in [0.4, 0.5) is 0 Å². The van der Waals surface area contributed by atoms with Gasteiger partial charge in [-0.05, 0) is 61.1 Å². The summed E-state index contributed by atoms with van der Waals surface area (Å²) in [4.78, 5) is 0. The Hall–Kier alpha value is -0.670. The van der Waals surface area contributed by atoms with E-state index >= 15 is 0 Å². The molecule has 1 fully saturated rings. The number of nitrogens with one attached hydrogen (secondary N) is 1. The fourth-order valence-electron chi connectivity index (χ4n) is 3.13. The van der Waals surface area contributed by atoms with Gasteiger partial charge in [0.05, 0.1) is 0 Å². The molecule has 2 nitrogen and oxygen atoms in total. The van der Waals surface area contributed by atoms with Gasteiger partial charge in [0.2, 0.25) is 0 Å². The van der Waals surface area contributed by atoms with E-state index in [0.29, 0.717) is 17.8 Å². The number of aromatic hydroxyl groups is 1. The number of thioether (sulfide) groups is 1. The lowest BCUT2D eigenvalue weighted by Gasteiger charge is -2.32. The first kappa shape index (κ1) is 12.4. The maximum absolute atomic E-state index is 9.57. The van der Waals surface area contributed by atoms with E-state index in [2.05, 4.69) is 23.1 Å². The molecular weight excluding hydrogens is 242 g/mol. The van der Waals surface area contributed by atoms with Gasteiger partial charge in [-0.15, -0.1) is 0 Å². The lowest BCUT2D eigenvalue weighted by molar-refractivity contribution is 0.392. The summed E-state index contributed by atoms with van der Waals surface area (Å²) >= 11 is 2.07. The van der Waals surface area contributed by atoms with Gasteiger partial charge in [0.15, 0.2) is 0 Å². The van der Waals surface area contributed by atoms with Crippen LogP contribution in [0.3, 0.4) is 0 Å². The fourth-order valence-corrected chi connectivity index (χ4v) is 4.22. The molecule has 1 aromatic carbocycles. The third kappa shape index (κ3) is 2.67. The Morgan fingerprint density at radius 3 is 3.00 bits per heavy atom. The lowest BCUT2D eigenvalue weighted by atomic mass is 9.87. The normalized spacial score (nSPS) is 27.8. The summed E-state index contributed by atoms with van der Waals surface area (Å²) in [6, 6.07) is 7.05. The van der Waals surface area contributed by atoms with Crippen LogP contribution in [0.25, 0.3) is 0 Å². The second-order valence-corrected chi connectivity index (χ2v) is 6.56. The highest BCUT2D eigenvalue weighted by Gasteiger charge is 2.24. The number of phenols is 1. The molecule has 98 valence electrons. The topological polar surface area (TPSA) is 32.3 Å². The molecule has 3 rings (SSSR count). The zero-order valence-corrected chi connectivity index (χ0v) is 11.5. The number of benzene rings is 1. The molecule has 0 amide bonds. The van der Waals surface area contributed by atoms with Gasteiger partial charge < -0.3 is 10.4 Å². The first-order valence-corrected chi connectivity index (χ1v) is 8.14. The molecule has 0 saturated carbocycles. The van der Waals surface area contributed by atoms with Crippen molar-refractivity contribution in [3.05, 3.63) is 29.3 Å². The minimum absolute atomic E-state index is 0.405. The number of rotatable bonds is 2. The predicted octanol–water partition coefficient (Wildman–Crippen LogP) is 3.25. The highest BCUT2D eigenvalue weighted by molar-refractivity contribution is 7.99. The van der Waals surface area contributed by atoms with E-state index in [1.165, 1.54) is 48.3 Å². The zero-order valence-electron chi connectivity index (χ0n) is 10.7. The van der Waals surface area contributed by atoms with Gasteiger partial charge in [0.1, 0.15) is 5.75 Å². The Morgan fingerprint density at radius 1 is 1.22 bits per heavy atom. The molecular formula is C15H21NOS. The third-order valence-corrected chi connectivity index (χ3v) is 5.25. The van der Waals surface area contributed by atoms with E-state index in [0.717, 1.165) is 6.42 Å². The van der Waals surface area contributed by atoms with Crippen molar-refractivity contribution in [2.45, 2.75) is 44.2 Å². The van der Waals surface area contributed by atoms with Gasteiger partial charge in [0, 0.05) is 17.8 Å². The van der Waals surface area contributed by atoms with Crippen molar-refractivity contribution in [2.24, 2.45) is 0 Å². The standard InChI is InChI=1S/C15H21NOS/c17-13-6-7-14-11(9-13)3-1-5-15(14)16-12-4-2-8-18-10-12/h6-7,9,12,15-17H,1-5,8,10H2. The Bertz CT molecular complexity index is 415. The average Bonchev–Trinajstić information content (AvgIpc) is 2.40. The average molecular weight is 263 g/mol. The van der Waals surface area contributed by atoms with Crippen molar-refractivity contribution < 1.29 is 5.11 Å². The van der Waals surface area contributed by atoms with Crippen molar-refractivity contribution in [1.29, 1.82) is 0 Å². The summed E-state index contributed by atoms with van der Waals surface area (Å²) < 4.78 is 0. The van der Waals surface area contributed by atoms with Crippen molar-refractivity contribution in [1.82, 2.24) is 5.32 Å². The van der Waals surface area contributed by atoms with Crippen LogP contribution >= 0.6 is 11.8 Å². The maximum atomic E-state index is 9.57. The van der Waals surface area contributed by atoms with Gasteiger partial charge in [-0.1, -0.05) is 6.07 Å². The molecule has 1 aromatic rings. The van der Waals surface area contributed by atoms with E-state index in [1.807, 2.05) is 12.1 Å². The van der Waals surface area contributed by atoms with Crippen LogP contribution in [0.2, 0.25) is 0 Å². The molecule has 2 N–H and O–H groups in total. The van der Waals surface area contributed by atoms with Crippen LogP contribution in [0.15, 0.2) is 18.2 Å². The van der Waals surface area contributed by atoms with Crippen LogP contribution < -0.4 is 5.32 Å². The van der Waals surface area contributed by atoms with E-state index < -0.39 is 0 Å². The highest BCUT2D eigenvalue weighted by Crippen LogP contribution is 2.33. The largest absolute Gasteiger partial charge is 0.508 e. The summed E-state index contributed by atoms with van der Waals surface area (Å²) in [5, 5.41) is 13.4. The zero-order chi connectivity index (χ0) is 12.4. The van der Waals surface area contributed by atoms with E-state index in [-0.39, 0.29) is 0 Å². The number of hydrogen-bond acceptors (Lipinski definition) is 3. The fraction of sp³-hybridized carbons (Fsp3) is 0.600. The number of aryl methyl sites for hydroxylation is 1. The molecule has 1 aliphatic carbocycles. The molecule has 1 aliphatic heterocycles. The summed E-state index contributed by atoms with van der Waals surface area (Å²) in [5.41, 5.74) is 2.75. The van der Waals surface area contributed by atoms with Crippen molar-refractivity contribution >= 4 is 11.8 Å². The lowest BCUT2D eigenvalue weighted by Crippen LogP contribution is -2.38. The second-order valence-electron chi connectivity index (χ2n) is 5.41. The monoisotopic (exact) mass is 263 g/mol. The SMILES string of the molecule is Oc1ccc2c(c1)CCCC2NC1CCCSC1. The minimum Gasteiger partial charge on any atom is -0.508 e.